The SMILES string of the molecule is COc1ccccc1-n1c(C)cc(/C=C2/C(=N)N3N=C(N4CCCCC4)SC3=NC2=O)c1C. The number of amides is 1. The van der Waals surface area contributed by atoms with Crippen molar-refractivity contribution < 1.29 is 9.53 Å². The third-order valence-electron chi connectivity index (χ3n) is 6.17. The van der Waals surface area contributed by atoms with Crippen molar-refractivity contribution in [2.45, 2.75) is 33.1 Å². The number of aryl methyl sites for hydroxylation is 1. The summed E-state index contributed by atoms with van der Waals surface area (Å²) in [5.74, 6) is 0.422. The minimum atomic E-state index is -0.407. The predicted octanol–water partition coefficient (Wildman–Crippen LogP) is 4.17. The summed E-state index contributed by atoms with van der Waals surface area (Å²) in [6.07, 6.45) is 5.25. The highest BCUT2D eigenvalue weighted by Gasteiger charge is 2.37. The molecule has 1 amide bonds. The maximum Gasteiger partial charge on any atom is 0.283 e. The van der Waals surface area contributed by atoms with Gasteiger partial charge in [-0.1, -0.05) is 12.1 Å². The zero-order chi connectivity index (χ0) is 23.1. The molecular weight excluding hydrogens is 436 g/mol. The molecule has 5 rings (SSSR count). The number of piperidine rings is 1. The van der Waals surface area contributed by atoms with Gasteiger partial charge in [0.05, 0.1) is 18.4 Å². The average Bonchev–Trinajstić information content (AvgIpc) is 3.37. The number of amidine groups is 3. The summed E-state index contributed by atoms with van der Waals surface area (Å²) in [6.45, 7) is 5.91. The standard InChI is InChI=1S/C24H26N6O2S/c1-15-13-17(16(2)29(15)19-9-5-6-10-20(19)32-3)14-18-21(25)30-23(26-22(18)31)33-24(27-30)28-11-7-4-8-12-28/h5-6,9-10,13-14,25H,4,7-8,11-12H2,1-3H3/b18-14-,25-21?. The molecule has 1 fully saturated rings. The van der Waals surface area contributed by atoms with E-state index in [2.05, 4.69) is 19.6 Å². The maximum absolute atomic E-state index is 12.9. The maximum atomic E-state index is 12.9. The van der Waals surface area contributed by atoms with Crippen molar-refractivity contribution in [2.75, 3.05) is 20.2 Å². The van der Waals surface area contributed by atoms with Crippen LogP contribution in [0.5, 0.6) is 5.75 Å². The first kappa shape index (κ1) is 21.5. The molecule has 170 valence electrons. The Labute approximate surface area is 197 Å². The molecule has 0 bridgehead atoms. The van der Waals surface area contributed by atoms with E-state index >= 15 is 0 Å². The van der Waals surface area contributed by atoms with E-state index in [0.29, 0.717) is 5.17 Å². The summed E-state index contributed by atoms with van der Waals surface area (Å²) in [6, 6.07) is 9.83. The second-order valence-corrected chi connectivity index (χ2v) is 9.22. The average molecular weight is 463 g/mol. The molecule has 1 saturated heterocycles. The molecule has 8 nitrogen and oxygen atoms in total. The molecule has 0 aliphatic carbocycles. The molecular formula is C24H26N6O2S. The minimum Gasteiger partial charge on any atom is -0.495 e. The number of aliphatic imine (C=N–C) groups is 1. The number of benzene rings is 1. The molecule has 0 spiro atoms. The zero-order valence-electron chi connectivity index (χ0n) is 19.0. The molecule has 1 aromatic carbocycles. The van der Waals surface area contributed by atoms with Crippen molar-refractivity contribution in [1.82, 2.24) is 14.5 Å². The summed E-state index contributed by atoms with van der Waals surface area (Å²) in [7, 11) is 1.65. The van der Waals surface area contributed by atoms with Crippen LogP contribution in [0.15, 0.2) is 46.0 Å². The first-order valence-corrected chi connectivity index (χ1v) is 11.9. The van der Waals surface area contributed by atoms with Gasteiger partial charge in [-0.05, 0) is 74.7 Å². The number of methoxy groups -OCH3 is 1. The van der Waals surface area contributed by atoms with Crippen LogP contribution in [0, 0.1) is 19.3 Å². The van der Waals surface area contributed by atoms with E-state index in [4.69, 9.17) is 10.1 Å². The Morgan fingerprint density at radius 2 is 1.88 bits per heavy atom. The molecule has 0 atom stereocenters. The summed E-state index contributed by atoms with van der Waals surface area (Å²) < 4.78 is 7.63. The number of fused-ring (bicyclic) bond motifs is 1. The highest BCUT2D eigenvalue weighted by Crippen LogP contribution is 2.32. The topological polar surface area (TPSA) is 86.3 Å². The number of likely N-dealkylation sites (tertiary alicyclic amines) is 1. The highest BCUT2D eigenvalue weighted by molar-refractivity contribution is 8.26. The summed E-state index contributed by atoms with van der Waals surface area (Å²) in [4.78, 5) is 19.4. The number of carbonyl (C=O) groups is 1. The molecule has 4 heterocycles. The number of rotatable bonds is 3. The van der Waals surface area contributed by atoms with Gasteiger partial charge in [0.2, 0.25) is 5.17 Å². The number of para-hydroxylation sites is 2. The first-order valence-electron chi connectivity index (χ1n) is 11.1. The summed E-state index contributed by atoms with van der Waals surface area (Å²) in [5, 5.41) is 16.1. The van der Waals surface area contributed by atoms with E-state index in [-0.39, 0.29) is 11.4 Å². The number of hydrazone groups is 1. The predicted molar refractivity (Wildman–Crippen MR) is 132 cm³/mol. The van der Waals surface area contributed by atoms with Crippen molar-refractivity contribution in [3.63, 3.8) is 0 Å². The fraction of sp³-hybridized carbons (Fsp3) is 0.333. The first-order chi connectivity index (χ1) is 16.0. The number of hydrogen-bond acceptors (Lipinski definition) is 6. The van der Waals surface area contributed by atoms with Gasteiger partial charge in [0.25, 0.3) is 5.91 Å². The van der Waals surface area contributed by atoms with Crippen LogP contribution in [0.1, 0.15) is 36.2 Å². The normalized spacial score (nSPS) is 19.7. The van der Waals surface area contributed by atoms with Crippen molar-refractivity contribution >= 4 is 39.9 Å². The second kappa shape index (κ2) is 8.55. The van der Waals surface area contributed by atoms with Gasteiger partial charge in [0, 0.05) is 24.5 Å². The van der Waals surface area contributed by atoms with Crippen LogP contribution in [0.25, 0.3) is 11.8 Å². The van der Waals surface area contributed by atoms with Crippen molar-refractivity contribution in [3.05, 3.63) is 52.9 Å². The Hall–Kier alpha value is -3.33. The van der Waals surface area contributed by atoms with E-state index in [0.717, 1.165) is 59.5 Å². The Bertz CT molecular complexity index is 1240. The van der Waals surface area contributed by atoms with Crippen LogP contribution in [0.4, 0.5) is 0 Å². The third kappa shape index (κ3) is 3.76. The van der Waals surface area contributed by atoms with Gasteiger partial charge in [0.1, 0.15) is 5.75 Å². The number of hydrogen-bond donors (Lipinski definition) is 1. The fourth-order valence-electron chi connectivity index (χ4n) is 4.47. The highest BCUT2D eigenvalue weighted by atomic mass is 32.2. The van der Waals surface area contributed by atoms with Gasteiger partial charge in [-0.2, -0.15) is 10.0 Å². The molecule has 3 aliphatic rings. The van der Waals surface area contributed by atoms with Gasteiger partial charge in [-0.25, -0.2) is 0 Å². The van der Waals surface area contributed by atoms with E-state index in [1.165, 1.54) is 23.2 Å². The third-order valence-corrected chi connectivity index (χ3v) is 7.14. The fourth-order valence-corrected chi connectivity index (χ4v) is 5.41. The molecule has 2 aromatic rings. The lowest BCUT2D eigenvalue weighted by Crippen LogP contribution is -2.35. The van der Waals surface area contributed by atoms with Gasteiger partial charge in [-0.3, -0.25) is 10.2 Å². The largest absolute Gasteiger partial charge is 0.495 e. The van der Waals surface area contributed by atoms with Crippen LogP contribution in [-0.4, -0.2) is 56.8 Å². The number of nitrogens with zero attached hydrogens (tertiary/aromatic N) is 5. The molecule has 9 heteroatoms. The van der Waals surface area contributed by atoms with Crippen LogP contribution in [0.3, 0.4) is 0 Å². The van der Waals surface area contributed by atoms with E-state index in [9.17, 15) is 4.79 Å². The number of aromatic nitrogens is 1. The molecule has 0 saturated carbocycles. The molecule has 0 radical (unpaired) electrons. The number of ether oxygens (including phenoxy) is 1. The quantitative estimate of drug-likeness (QED) is 0.692. The monoisotopic (exact) mass is 462 g/mol. The van der Waals surface area contributed by atoms with Gasteiger partial charge >= 0.3 is 0 Å². The lowest BCUT2D eigenvalue weighted by atomic mass is 10.1. The summed E-state index contributed by atoms with van der Waals surface area (Å²) in [5.41, 5.74) is 3.98. The second-order valence-electron chi connectivity index (χ2n) is 8.28. The van der Waals surface area contributed by atoms with Crippen LogP contribution >= 0.6 is 11.8 Å². The van der Waals surface area contributed by atoms with Crippen LogP contribution in [0.2, 0.25) is 0 Å². The lowest BCUT2D eigenvalue weighted by Gasteiger charge is -2.26. The van der Waals surface area contributed by atoms with Crippen molar-refractivity contribution in [3.8, 4) is 11.4 Å². The van der Waals surface area contributed by atoms with Crippen LogP contribution in [-0.2, 0) is 4.79 Å². The Morgan fingerprint density at radius 3 is 2.64 bits per heavy atom. The Kier molecular flexibility index (Phi) is 5.57. The number of thioether (sulfide) groups is 1. The van der Waals surface area contributed by atoms with E-state index in [1.54, 1.807) is 13.2 Å². The minimum absolute atomic E-state index is 0.0617. The molecule has 33 heavy (non-hydrogen) atoms. The van der Waals surface area contributed by atoms with Crippen molar-refractivity contribution in [1.29, 1.82) is 5.41 Å². The molecule has 1 aromatic heterocycles. The van der Waals surface area contributed by atoms with E-state index < -0.39 is 5.91 Å². The van der Waals surface area contributed by atoms with Gasteiger partial charge in [0.15, 0.2) is 11.0 Å². The number of nitrogens with one attached hydrogen (secondary N) is 1. The zero-order valence-corrected chi connectivity index (χ0v) is 19.8. The van der Waals surface area contributed by atoms with Crippen molar-refractivity contribution in [2.24, 2.45) is 10.1 Å². The molecule has 3 aliphatic heterocycles. The molecule has 1 N–H and O–H groups in total. The number of carbonyl (C=O) groups excluding carboxylic acids is 1. The van der Waals surface area contributed by atoms with E-state index in [1.807, 2.05) is 44.2 Å². The molecule has 0 unspecified atom stereocenters. The summed E-state index contributed by atoms with van der Waals surface area (Å²) >= 11 is 1.37. The van der Waals surface area contributed by atoms with Crippen LogP contribution < -0.4 is 4.74 Å². The van der Waals surface area contributed by atoms with Gasteiger partial charge in [-0.15, -0.1) is 5.10 Å². The Balaban J connectivity index is 1.49. The smallest absolute Gasteiger partial charge is 0.283 e. The lowest BCUT2D eigenvalue weighted by molar-refractivity contribution is -0.114. The Morgan fingerprint density at radius 1 is 1.12 bits per heavy atom. The van der Waals surface area contributed by atoms with Gasteiger partial charge < -0.3 is 14.2 Å².